The molecule has 0 fully saturated rings. The van der Waals surface area contributed by atoms with Gasteiger partial charge in [-0.3, -0.25) is 0 Å². The smallest absolute Gasteiger partial charge is 0.408 e. The maximum Gasteiger partial charge on any atom is 0.408 e. The van der Waals surface area contributed by atoms with Crippen LogP contribution in [0.3, 0.4) is 0 Å². The zero-order chi connectivity index (χ0) is 19.2. The van der Waals surface area contributed by atoms with Crippen LogP contribution < -0.4 is 5.32 Å². The van der Waals surface area contributed by atoms with E-state index in [2.05, 4.69) is 43.4 Å². The molecule has 0 aliphatic heterocycles. The summed E-state index contributed by atoms with van der Waals surface area (Å²) in [5.41, 5.74) is 2.16. The van der Waals surface area contributed by atoms with Crippen molar-refractivity contribution in [2.45, 2.75) is 65.9 Å². The molecule has 24 heavy (non-hydrogen) atoms. The summed E-state index contributed by atoms with van der Waals surface area (Å²) in [6.45, 7) is 13.6. The number of hydrogen-bond donors (Lipinski definition) is 1. The van der Waals surface area contributed by atoms with Crippen molar-refractivity contribution in [3.8, 4) is 6.07 Å². The van der Waals surface area contributed by atoms with Gasteiger partial charge in [-0.2, -0.15) is 5.26 Å². The summed E-state index contributed by atoms with van der Waals surface area (Å²) in [6, 6.07) is 10.5. The van der Waals surface area contributed by atoms with E-state index >= 15 is 0 Å². The molecule has 5 heteroatoms. The average Bonchev–Trinajstić information content (AvgIpc) is 2.50. The summed E-state index contributed by atoms with van der Waals surface area (Å²) in [7, 11) is 0. The lowest BCUT2D eigenvalue weighted by Crippen LogP contribution is -2.37. The van der Waals surface area contributed by atoms with Crippen molar-refractivity contribution < 1.29 is 9.53 Å². The fourth-order valence-corrected chi connectivity index (χ4v) is 1.81. The highest BCUT2D eigenvalue weighted by Crippen LogP contribution is 2.10. The summed E-state index contributed by atoms with van der Waals surface area (Å²) >= 11 is 1.41. The normalized spacial score (nSPS) is 10.8. The van der Waals surface area contributed by atoms with Gasteiger partial charge < -0.3 is 10.1 Å². The Kier molecular flexibility index (Phi) is 14.1. The van der Waals surface area contributed by atoms with Crippen LogP contribution in [0.15, 0.2) is 24.3 Å². The van der Waals surface area contributed by atoms with Gasteiger partial charge in [-0.15, -0.1) is 11.8 Å². The number of nitrogens with zero attached hydrogens (tertiary/aromatic N) is 1. The molecule has 0 saturated carbocycles. The second kappa shape index (κ2) is 13.7. The first kappa shape index (κ1) is 24.6. The Balaban J connectivity index is 0. The van der Waals surface area contributed by atoms with Gasteiger partial charge in [-0.05, 0) is 40.9 Å². The van der Waals surface area contributed by atoms with Gasteiger partial charge in [-0.25, -0.2) is 4.79 Å². The van der Waals surface area contributed by atoms with Crippen molar-refractivity contribution in [2.24, 2.45) is 0 Å². The Bertz CT molecular complexity index is 467. The lowest BCUT2D eigenvalue weighted by molar-refractivity contribution is 0.0523. The Hall–Kier alpha value is -1.67. The number of nitrogens with one attached hydrogen (secondary N) is 1. The Morgan fingerprint density at radius 3 is 1.92 bits per heavy atom. The van der Waals surface area contributed by atoms with Crippen molar-refractivity contribution in [1.82, 2.24) is 5.32 Å². The fraction of sp³-hybridized carbons (Fsp3) is 0.579. The molecule has 1 N–H and O–H groups in total. The highest BCUT2D eigenvalue weighted by Gasteiger charge is 2.18. The van der Waals surface area contributed by atoms with Crippen LogP contribution in [0.4, 0.5) is 4.79 Å². The molecule has 1 aromatic rings. The van der Waals surface area contributed by atoms with E-state index in [0.717, 1.165) is 0 Å². The molecule has 1 amide bonds. The monoisotopic (exact) mass is 352 g/mol. The van der Waals surface area contributed by atoms with Crippen LogP contribution >= 0.6 is 11.8 Å². The highest BCUT2D eigenvalue weighted by atomic mass is 32.2. The summed E-state index contributed by atoms with van der Waals surface area (Å²) in [6.07, 6.45) is 1.63. The molecule has 1 unspecified atom stereocenters. The summed E-state index contributed by atoms with van der Waals surface area (Å²) < 4.78 is 5.04. The number of ether oxygens (including phenoxy) is 1. The standard InChI is InChI=1S/C9H16N2O2S.C8H10.C2H6/c1-9(2,3)13-8(12)11-7(14-4)5-6-10;1-7-3-5-8(2)6-4-7;1-2/h7H,5H2,1-4H3,(H,11,12);3-6H,1-2H3;1-2H3. The number of benzene rings is 1. The number of rotatable bonds is 3. The van der Waals surface area contributed by atoms with Crippen LogP contribution in [0, 0.1) is 25.2 Å². The zero-order valence-corrected chi connectivity index (χ0v) is 17.1. The van der Waals surface area contributed by atoms with E-state index in [9.17, 15) is 4.79 Å². The minimum absolute atomic E-state index is 0.199. The van der Waals surface area contributed by atoms with Crippen LogP contribution in [-0.4, -0.2) is 23.3 Å². The predicted molar refractivity (Wildman–Crippen MR) is 104 cm³/mol. The van der Waals surface area contributed by atoms with Crippen molar-refractivity contribution in [1.29, 1.82) is 5.26 Å². The van der Waals surface area contributed by atoms with Gasteiger partial charge in [0.2, 0.25) is 0 Å². The SMILES string of the molecule is CC.CSC(CC#N)NC(=O)OC(C)(C)C.Cc1ccc(C)cc1. The first-order valence-corrected chi connectivity index (χ1v) is 9.39. The van der Waals surface area contributed by atoms with E-state index in [0.29, 0.717) is 0 Å². The van der Waals surface area contributed by atoms with Gasteiger partial charge in [0.25, 0.3) is 0 Å². The third-order valence-electron chi connectivity index (χ3n) is 2.46. The zero-order valence-electron chi connectivity index (χ0n) is 16.3. The minimum Gasteiger partial charge on any atom is -0.444 e. The third-order valence-corrected chi connectivity index (χ3v) is 3.31. The van der Waals surface area contributed by atoms with Crippen LogP contribution in [-0.2, 0) is 4.74 Å². The molecule has 0 radical (unpaired) electrons. The van der Waals surface area contributed by atoms with Gasteiger partial charge >= 0.3 is 6.09 Å². The molecule has 0 aliphatic rings. The molecule has 0 saturated heterocycles. The lowest BCUT2D eigenvalue weighted by atomic mass is 10.2. The van der Waals surface area contributed by atoms with Crippen molar-refractivity contribution in [3.63, 3.8) is 0 Å². The van der Waals surface area contributed by atoms with Gasteiger partial charge in [0, 0.05) is 0 Å². The van der Waals surface area contributed by atoms with E-state index in [1.807, 2.05) is 26.2 Å². The summed E-state index contributed by atoms with van der Waals surface area (Å²) in [5.74, 6) is 0. The molecule has 0 aliphatic carbocycles. The maximum atomic E-state index is 11.2. The molecule has 0 spiro atoms. The molecular weight excluding hydrogens is 320 g/mol. The molecule has 1 rings (SSSR count). The van der Waals surface area contributed by atoms with E-state index < -0.39 is 11.7 Å². The third kappa shape index (κ3) is 15.2. The number of carbonyl (C=O) groups excluding carboxylic acids is 1. The largest absolute Gasteiger partial charge is 0.444 e. The predicted octanol–water partition coefficient (Wildman–Crippen LogP) is 5.44. The summed E-state index contributed by atoms with van der Waals surface area (Å²) in [4.78, 5) is 11.2. The second-order valence-electron chi connectivity index (χ2n) is 5.89. The number of alkyl carbamates (subject to hydrolysis) is 1. The van der Waals surface area contributed by atoms with Crippen LogP contribution in [0.25, 0.3) is 0 Å². The number of nitriles is 1. The van der Waals surface area contributed by atoms with Crippen molar-refractivity contribution in [3.05, 3.63) is 35.4 Å². The molecule has 136 valence electrons. The molecule has 1 atom stereocenters. The van der Waals surface area contributed by atoms with Crippen LogP contribution in [0.1, 0.15) is 52.2 Å². The first-order chi connectivity index (χ1) is 11.2. The van der Waals surface area contributed by atoms with E-state index in [1.165, 1.54) is 22.9 Å². The van der Waals surface area contributed by atoms with Crippen molar-refractivity contribution >= 4 is 17.9 Å². The van der Waals surface area contributed by atoms with E-state index in [1.54, 1.807) is 20.8 Å². The van der Waals surface area contributed by atoms with Crippen LogP contribution in [0.2, 0.25) is 0 Å². The topological polar surface area (TPSA) is 62.1 Å². The second-order valence-corrected chi connectivity index (χ2v) is 6.93. The number of thioether (sulfide) groups is 1. The van der Waals surface area contributed by atoms with E-state index in [-0.39, 0.29) is 11.8 Å². The Morgan fingerprint density at radius 1 is 1.21 bits per heavy atom. The van der Waals surface area contributed by atoms with Crippen LogP contribution in [0.5, 0.6) is 0 Å². The molecule has 0 bridgehead atoms. The molecule has 0 heterocycles. The quantitative estimate of drug-likeness (QED) is 0.735. The summed E-state index contributed by atoms with van der Waals surface area (Å²) in [5, 5.41) is 10.9. The van der Waals surface area contributed by atoms with Gasteiger partial charge in [0.15, 0.2) is 0 Å². The average molecular weight is 353 g/mol. The minimum atomic E-state index is -0.500. The van der Waals surface area contributed by atoms with E-state index in [4.69, 9.17) is 10.00 Å². The molecule has 1 aromatic carbocycles. The Labute approximate surface area is 152 Å². The lowest BCUT2D eigenvalue weighted by Gasteiger charge is -2.21. The van der Waals surface area contributed by atoms with Gasteiger partial charge in [-0.1, -0.05) is 49.2 Å². The molecular formula is C19H32N2O2S. The number of carbonyl (C=O) groups is 1. The number of aryl methyl sites for hydroxylation is 2. The maximum absolute atomic E-state index is 11.2. The number of hydrogen-bond acceptors (Lipinski definition) is 4. The van der Waals surface area contributed by atoms with Crippen molar-refractivity contribution in [2.75, 3.05) is 6.26 Å². The van der Waals surface area contributed by atoms with Gasteiger partial charge in [0.05, 0.1) is 17.9 Å². The fourth-order valence-electron chi connectivity index (χ4n) is 1.35. The Morgan fingerprint density at radius 2 is 1.62 bits per heavy atom. The first-order valence-electron chi connectivity index (χ1n) is 8.10. The highest BCUT2D eigenvalue weighted by molar-refractivity contribution is 7.99. The molecule has 4 nitrogen and oxygen atoms in total. The van der Waals surface area contributed by atoms with Gasteiger partial charge in [0.1, 0.15) is 5.60 Å². The number of amides is 1. The molecule has 0 aromatic heterocycles.